The number of nitrogens with one attached hydrogen (secondary N) is 3. The van der Waals surface area contributed by atoms with Crippen molar-refractivity contribution in [3.8, 4) is 5.75 Å². The van der Waals surface area contributed by atoms with Gasteiger partial charge in [0.15, 0.2) is 0 Å². The number of phenolic OH excluding ortho intramolecular Hbond substituents is 1. The van der Waals surface area contributed by atoms with Crippen LogP contribution in [-0.4, -0.2) is 79.5 Å². The molecule has 7 N–H and O–H groups in total. The van der Waals surface area contributed by atoms with E-state index in [0.717, 1.165) is 0 Å². The summed E-state index contributed by atoms with van der Waals surface area (Å²) in [6.07, 6.45) is 4.40. The highest BCUT2D eigenvalue weighted by Gasteiger charge is 2.38. The Kier molecular flexibility index (Phi) is 9.83. The molecule has 0 radical (unpaired) electrons. The lowest BCUT2D eigenvalue weighted by atomic mass is 10.0. The van der Waals surface area contributed by atoms with Crippen LogP contribution in [0.15, 0.2) is 36.8 Å². The highest BCUT2D eigenvalue weighted by Crippen LogP contribution is 2.20. The van der Waals surface area contributed by atoms with E-state index < -0.39 is 47.9 Å². The molecule has 1 aromatic heterocycles. The zero-order valence-corrected chi connectivity index (χ0v) is 21.6. The minimum atomic E-state index is -1.10. The number of aromatic hydroxyl groups is 1. The Labute approximate surface area is 221 Å². The predicted octanol–water partition coefficient (Wildman–Crippen LogP) is 0.319. The molecule has 206 valence electrons. The van der Waals surface area contributed by atoms with Crippen LogP contribution in [0.25, 0.3) is 0 Å². The van der Waals surface area contributed by atoms with Gasteiger partial charge in [-0.15, -0.1) is 0 Å². The molecule has 0 saturated carbocycles. The van der Waals surface area contributed by atoms with Crippen LogP contribution in [0.2, 0.25) is 0 Å². The maximum atomic E-state index is 13.5. The van der Waals surface area contributed by atoms with Crippen molar-refractivity contribution in [1.29, 1.82) is 0 Å². The molecule has 1 aliphatic rings. The Balaban J connectivity index is 1.83. The molecular weight excluding hydrogens is 492 g/mol. The van der Waals surface area contributed by atoms with Crippen LogP contribution in [0.4, 0.5) is 0 Å². The standard InChI is InChI=1S/C26H36N6O6/c1-15(2)10-19(27)23(34)30-20(11-16-5-7-18(33)8-6-16)24(35)31-21(12-17-13-28-14-29-17)25(36)32-9-3-4-22(32)26(37)38/h5-8,13-15,19-22,33H,3-4,9-12,27H2,1-2H3,(H,28,29)(H,30,34)(H,31,35)(H,37,38). The number of hydrogen-bond acceptors (Lipinski definition) is 7. The molecular formula is C26H36N6O6. The number of nitrogens with two attached hydrogens (primary N) is 1. The molecule has 12 heteroatoms. The number of amides is 3. The van der Waals surface area contributed by atoms with E-state index in [-0.39, 0.29) is 31.1 Å². The van der Waals surface area contributed by atoms with E-state index in [9.17, 15) is 29.4 Å². The van der Waals surface area contributed by atoms with Crippen LogP contribution in [0, 0.1) is 5.92 Å². The first-order valence-electron chi connectivity index (χ1n) is 12.7. The van der Waals surface area contributed by atoms with Gasteiger partial charge in [0, 0.05) is 31.3 Å². The number of rotatable bonds is 12. The van der Waals surface area contributed by atoms with E-state index in [4.69, 9.17) is 5.73 Å². The number of hydrogen-bond donors (Lipinski definition) is 6. The summed E-state index contributed by atoms with van der Waals surface area (Å²) < 4.78 is 0. The Bertz CT molecular complexity index is 1100. The second kappa shape index (κ2) is 13.0. The molecule has 4 atom stereocenters. The number of phenols is 1. The van der Waals surface area contributed by atoms with Crippen molar-refractivity contribution in [3.05, 3.63) is 48.0 Å². The Hall–Kier alpha value is -3.93. The van der Waals surface area contributed by atoms with Crippen molar-refractivity contribution in [2.75, 3.05) is 6.54 Å². The summed E-state index contributed by atoms with van der Waals surface area (Å²) in [7, 11) is 0. The third kappa shape index (κ3) is 7.78. The van der Waals surface area contributed by atoms with E-state index in [1.165, 1.54) is 29.6 Å². The zero-order chi connectivity index (χ0) is 27.8. The quantitative estimate of drug-likeness (QED) is 0.227. The molecule has 4 unspecified atom stereocenters. The van der Waals surface area contributed by atoms with Gasteiger partial charge in [-0.05, 0) is 42.9 Å². The molecule has 0 bridgehead atoms. The largest absolute Gasteiger partial charge is 0.508 e. The molecule has 38 heavy (non-hydrogen) atoms. The monoisotopic (exact) mass is 528 g/mol. The van der Waals surface area contributed by atoms with Gasteiger partial charge in [-0.2, -0.15) is 0 Å². The molecule has 0 spiro atoms. The molecule has 3 rings (SSSR count). The van der Waals surface area contributed by atoms with Gasteiger partial charge in [0.25, 0.3) is 0 Å². The summed E-state index contributed by atoms with van der Waals surface area (Å²) in [4.78, 5) is 59.7. The molecule has 3 amide bonds. The first-order chi connectivity index (χ1) is 18.0. The normalized spacial score (nSPS) is 17.6. The summed E-state index contributed by atoms with van der Waals surface area (Å²) >= 11 is 0. The third-order valence-electron chi connectivity index (χ3n) is 6.49. The second-order valence-corrected chi connectivity index (χ2v) is 10.0. The lowest BCUT2D eigenvalue weighted by Crippen LogP contribution is -2.58. The first-order valence-corrected chi connectivity index (χ1v) is 12.7. The maximum Gasteiger partial charge on any atom is 0.326 e. The number of carboxylic acid groups (broad SMARTS) is 1. The zero-order valence-electron chi connectivity index (χ0n) is 21.6. The van der Waals surface area contributed by atoms with E-state index in [1.54, 1.807) is 12.1 Å². The van der Waals surface area contributed by atoms with Crippen LogP contribution < -0.4 is 16.4 Å². The van der Waals surface area contributed by atoms with Gasteiger partial charge in [-0.3, -0.25) is 14.4 Å². The molecule has 1 aromatic carbocycles. The highest BCUT2D eigenvalue weighted by atomic mass is 16.4. The summed E-state index contributed by atoms with van der Waals surface area (Å²) in [5.41, 5.74) is 7.29. The predicted molar refractivity (Wildman–Crippen MR) is 138 cm³/mol. The molecule has 1 aliphatic heterocycles. The number of carbonyl (C=O) groups excluding carboxylic acids is 3. The number of aromatic nitrogens is 2. The average Bonchev–Trinajstić information content (AvgIpc) is 3.56. The molecule has 2 aromatic rings. The summed E-state index contributed by atoms with van der Waals surface area (Å²) in [6, 6.07) is 2.25. The number of benzene rings is 1. The van der Waals surface area contributed by atoms with Crippen molar-refractivity contribution < 1.29 is 29.4 Å². The number of carbonyl (C=O) groups is 4. The maximum absolute atomic E-state index is 13.5. The van der Waals surface area contributed by atoms with Crippen molar-refractivity contribution in [2.45, 2.75) is 70.1 Å². The fourth-order valence-corrected chi connectivity index (χ4v) is 4.55. The highest BCUT2D eigenvalue weighted by molar-refractivity contribution is 5.94. The fraction of sp³-hybridized carbons (Fsp3) is 0.500. The van der Waals surface area contributed by atoms with Crippen molar-refractivity contribution in [1.82, 2.24) is 25.5 Å². The summed E-state index contributed by atoms with van der Waals surface area (Å²) in [5, 5.41) is 24.6. The van der Waals surface area contributed by atoms with Crippen LogP contribution in [-0.2, 0) is 32.0 Å². The van der Waals surface area contributed by atoms with Gasteiger partial charge in [0.2, 0.25) is 17.7 Å². The number of aliphatic carboxylic acids is 1. The number of aromatic amines is 1. The first kappa shape index (κ1) is 28.6. The minimum absolute atomic E-state index is 0.0557. The molecule has 12 nitrogen and oxygen atoms in total. The number of nitrogens with zero attached hydrogens (tertiary/aromatic N) is 2. The van der Waals surface area contributed by atoms with E-state index in [0.29, 0.717) is 30.5 Å². The summed E-state index contributed by atoms with van der Waals surface area (Å²) in [5.74, 6) is -2.52. The van der Waals surface area contributed by atoms with Gasteiger partial charge < -0.3 is 36.5 Å². The van der Waals surface area contributed by atoms with Crippen LogP contribution in [0.3, 0.4) is 0 Å². The molecule has 1 saturated heterocycles. The van der Waals surface area contributed by atoms with E-state index in [2.05, 4.69) is 20.6 Å². The lowest BCUT2D eigenvalue weighted by molar-refractivity contribution is -0.149. The van der Waals surface area contributed by atoms with Crippen LogP contribution in [0.1, 0.15) is 44.4 Å². The number of carboxylic acids is 1. The van der Waals surface area contributed by atoms with Crippen LogP contribution >= 0.6 is 0 Å². The molecule has 0 aliphatic carbocycles. The van der Waals surface area contributed by atoms with Gasteiger partial charge in [0.1, 0.15) is 23.9 Å². The van der Waals surface area contributed by atoms with Crippen molar-refractivity contribution in [3.63, 3.8) is 0 Å². The lowest BCUT2D eigenvalue weighted by Gasteiger charge is -2.29. The van der Waals surface area contributed by atoms with Gasteiger partial charge in [-0.1, -0.05) is 26.0 Å². The van der Waals surface area contributed by atoms with Crippen molar-refractivity contribution in [2.24, 2.45) is 11.7 Å². The van der Waals surface area contributed by atoms with Crippen molar-refractivity contribution >= 4 is 23.7 Å². The fourth-order valence-electron chi connectivity index (χ4n) is 4.55. The summed E-state index contributed by atoms with van der Waals surface area (Å²) in [6.45, 7) is 4.13. The van der Waals surface area contributed by atoms with E-state index in [1.807, 2.05) is 13.8 Å². The Morgan fingerprint density at radius 1 is 1.11 bits per heavy atom. The Morgan fingerprint density at radius 3 is 2.39 bits per heavy atom. The van der Waals surface area contributed by atoms with E-state index >= 15 is 0 Å². The second-order valence-electron chi connectivity index (χ2n) is 10.0. The van der Waals surface area contributed by atoms with Gasteiger partial charge >= 0.3 is 5.97 Å². The topological polar surface area (TPSA) is 191 Å². The molecule has 1 fully saturated rings. The van der Waals surface area contributed by atoms with Crippen LogP contribution in [0.5, 0.6) is 5.75 Å². The minimum Gasteiger partial charge on any atom is -0.508 e. The number of imidazole rings is 1. The van der Waals surface area contributed by atoms with Gasteiger partial charge in [-0.25, -0.2) is 9.78 Å². The smallest absolute Gasteiger partial charge is 0.326 e. The number of likely N-dealkylation sites (tertiary alicyclic amines) is 1. The SMILES string of the molecule is CC(C)CC(N)C(=O)NC(Cc1ccc(O)cc1)C(=O)NC(Cc1cnc[nH]1)C(=O)N1CCCC1C(=O)O. The molecule has 2 heterocycles. The average molecular weight is 529 g/mol. The van der Waals surface area contributed by atoms with Gasteiger partial charge in [0.05, 0.1) is 12.4 Å². The number of H-pyrrole nitrogens is 1. The third-order valence-corrected chi connectivity index (χ3v) is 6.49. The Morgan fingerprint density at radius 2 is 1.79 bits per heavy atom.